The first-order chi connectivity index (χ1) is 12.0. The summed E-state index contributed by atoms with van der Waals surface area (Å²) < 4.78 is 6.44. The van der Waals surface area contributed by atoms with Gasteiger partial charge >= 0.3 is 5.97 Å². The number of thiazole rings is 1. The Balaban J connectivity index is 1.70. The number of para-hydroxylation sites is 1. The minimum Gasteiger partial charge on any atom is -0.455 e. The van der Waals surface area contributed by atoms with Gasteiger partial charge in [0.25, 0.3) is 5.91 Å². The third-order valence-electron chi connectivity index (χ3n) is 4.49. The number of rotatable bonds is 5. The van der Waals surface area contributed by atoms with E-state index in [1.807, 2.05) is 32.0 Å². The van der Waals surface area contributed by atoms with Crippen LogP contribution in [-0.4, -0.2) is 29.5 Å². The lowest BCUT2D eigenvalue weighted by Crippen LogP contribution is -2.36. The third-order valence-corrected chi connectivity index (χ3v) is 5.66. The second-order valence-corrected chi connectivity index (χ2v) is 7.91. The molecule has 2 aromatic rings. The van der Waals surface area contributed by atoms with Crippen molar-refractivity contribution >= 4 is 33.4 Å². The molecule has 3 rings (SSSR count). The number of benzene rings is 1. The zero-order valence-corrected chi connectivity index (χ0v) is 15.5. The smallest absolute Gasteiger partial charge is 0.310 e. The monoisotopic (exact) mass is 360 g/mol. The van der Waals surface area contributed by atoms with Crippen LogP contribution < -0.4 is 5.32 Å². The number of aromatic nitrogens is 1. The lowest BCUT2D eigenvalue weighted by molar-refractivity contribution is -0.154. The Hall–Kier alpha value is -1.95. The van der Waals surface area contributed by atoms with Gasteiger partial charge in [-0.15, -0.1) is 11.3 Å². The first-order valence-electron chi connectivity index (χ1n) is 8.86. The average Bonchev–Trinajstić information content (AvgIpc) is 3.03. The maximum absolute atomic E-state index is 12.6. The van der Waals surface area contributed by atoms with Crippen LogP contribution in [-0.2, 0) is 14.3 Å². The number of nitrogens with zero attached hydrogens (tertiary/aromatic N) is 1. The Labute approximate surface area is 151 Å². The molecule has 0 spiro atoms. The van der Waals surface area contributed by atoms with Gasteiger partial charge in [0.2, 0.25) is 0 Å². The zero-order valence-electron chi connectivity index (χ0n) is 14.7. The highest BCUT2D eigenvalue weighted by Crippen LogP contribution is 2.41. The number of amides is 1. The normalized spacial score (nSPS) is 20.6. The zero-order chi connectivity index (χ0) is 17.8. The van der Waals surface area contributed by atoms with Crippen LogP contribution in [0, 0.1) is 5.92 Å². The van der Waals surface area contributed by atoms with Crippen LogP contribution in [0.1, 0.15) is 50.5 Å². The maximum atomic E-state index is 12.6. The lowest BCUT2D eigenvalue weighted by Gasteiger charge is -2.28. The Morgan fingerprint density at radius 3 is 2.80 bits per heavy atom. The predicted octanol–water partition coefficient (Wildman–Crippen LogP) is 3.64. The summed E-state index contributed by atoms with van der Waals surface area (Å²) in [5, 5.41) is 3.74. The molecule has 134 valence electrons. The lowest BCUT2D eigenvalue weighted by atomic mass is 9.79. The van der Waals surface area contributed by atoms with Gasteiger partial charge in [0.15, 0.2) is 6.61 Å². The third kappa shape index (κ3) is 4.37. The number of hydrogen-bond donors (Lipinski definition) is 1. The Morgan fingerprint density at radius 1 is 1.28 bits per heavy atom. The fraction of sp³-hybridized carbons (Fsp3) is 0.526. The molecular weight excluding hydrogens is 336 g/mol. The molecule has 1 fully saturated rings. The van der Waals surface area contributed by atoms with Crippen molar-refractivity contribution in [2.24, 2.45) is 5.92 Å². The van der Waals surface area contributed by atoms with E-state index in [4.69, 9.17) is 9.72 Å². The molecule has 0 aliphatic heterocycles. The summed E-state index contributed by atoms with van der Waals surface area (Å²) in [5.74, 6) is -0.647. The number of carbonyl (C=O) groups is 2. The molecule has 1 saturated carbocycles. The average molecular weight is 360 g/mol. The molecule has 1 heterocycles. The van der Waals surface area contributed by atoms with Crippen molar-refractivity contribution in [3.63, 3.8) is 0 Å². The molecule has 2 atom stereocenters. The molecule has 25 heavy (non-hydrogen) atoms. The number of nitrogens with one attached hydrogen (secondary N) is 1. The fourth-order valence-corrected chi connectivity index (χ4v) is 4.53. The molecule has 6 heteroatoms. The molecule has 0 unspecified atom stereocenters. The van der Waals surface area contributed by atoms with Crippen LogP contribution in [0.15, 0.2) is 24.3 Å². The molecular formula is C19H24N2O3S. The summed E-state index contributed by atoms with van der Waals surface area (Å²) >= 11 is 1.66. The molecule has 1 aromatic heterocycles. The second kappa shape index (κ2) is 7.95. The van der Waals surface area contributed by atoms with E-state index in [1.54, 1.807) is 11.3 Å². The van der Waals surface area contributed by atoms with Crippen molar-refractivity contribution < 1.29 is 14.3 Å². The van der Waals surface area contributed by atoms with Crippen molar-refractivity contribution in [1.82, 2.24) is 10.3 Å². The van der Waals surface area contributed by atoms with E-state index in [-0.39, 0.29) is 36.4 Å². The van der Waals surface area contributed by atoms with Crippen LogP contribution >= 0.6 is 11.3 Å². The topological polar surface area (TPSA) is 68.3 Å². The SMILES string of the molecule is CC(C)NC(=O)COC(=O)[C@H]1CCCC[C@@H]1c1nc2ccccc2s1. The fourth-order valence-electron chi connectivity index (χ4n) is 3.36. The molecule has 0 radical (unpaired) electrons. The van der Waals surface area contributed by atoms with Gasteiger partial charge in [0, 0.05) is 12.0 Å². The van der Waals surface area contributed by atoms with Gasteiger partial charge in [0.05, 0.1) is 21.1 Å². The van der Waals surface area contributed by atoms with E-state index in [9.17, 15) is 9.59 Å². The van der Waals surface area contributed by atoms with Crippen molar-refractivity contribution in [1.29, 1.82) is 0 Å². The molecule has 0 saturated heterocycles. The number of esters is 1. The van der Waals surface area contributed by atoms with Gasteiger partial charge in [-0.3, -0.25) is 9.59 Å². The molecule has 5 nitrogen and oxygen atoms in total. The van der Waals surface area contributed by atoms with Gasteiger partial charge < -0.3 is 10.1 Å². The largest absolute Gasteiger partial charge is 0.455 e. The first kappa shape index (κ1) is 17.9. The summed E-state index contributed by atoms with van der Waals surface area (Å²) in [6.45, 7) is 3.55. The first-order valence-corrected chi connectivity index (χ1v) is 9.67. The predicted molar refractivity (Wildman–Crippen MR) is 98.6 cm³/mol. The van der Waals surface area contributed by atoms with Gasteiger partial charge in [-0.25, -0.2) is 4.98 Å². The highest BCUT2D eigenvalue weighted by molar-refractivity contribution is 7.18. The van der Waals surface area contributed by atoms with Gasteiger partial charge in [0.1, 0.15) is 0 Å². The van der Waals surface area contributed by atoms with Crippen LogP contribution in [0.3, 0.4) is 0 Å². The molecule has 1 aromatic carbocycles. The highest BCUT2D eigenvalue weighted by Gasteiger charge is 2.35. The molecule has 1 N–H and O–H groups in total. The van der Waals surface area contributed by atoms with E-state index in [1.165, 1.54) is 0 Å². The molecule has 0 bridgehead atoms. The summed E-state index contributed by atoms with van der Waals surface area (Å²) in [7, 11) is 0. The van der Waals surface area contributed by atoms with Crippen molar-refractivity contribution in [3.8, 4) is 0 Å². The van der Waals surface area contributed by atoms with E-state index in [2.05, 4.69) is 11.4 Å². The highest BCUT2D eigenvalue weighted by atomic mass is 32.1. The van der Waals surface area contributed by atoms with Crippen molar-refractivity contribution in [2.75, 3.05) is 6.61 Å². The summed E-state index contributed by atoms with van der Waals surface area (Å²) in [6, 6.07) is 8.08. The number of ether oxygens (including phenoxy) is 1. The maximum Gasteiger partial charge on any atom is 0.310 e. The summed E-state index contributed by atoms with van der Waals surface area (Å²) in [6.07, 6.45) is 3.85. The summed E-state index contributed by atoms with van der Waals surface area (Å²) in [4.78, 5) is 29.0. The Bertz CT molecular complexity index is 723. The second-order valence-electron chi connectivity index (χ2n) is 6.85. The van der Waals surface area contributed by atoms with Crippen LogP contribution in [0.4, 0.5) is 0 Å². The van der Waals surface area contributed by atoms with E-state index >= 15 is 0 Å². The van der Waals surface area contributed by atoms with Crippen LogP contribution in [0.25, 0.3) is 10.2 Å². The molecule has 1 aliphatic carbocycles. The Morgan fingerprint density at radius 2 is 2.04 bits per heavy atom. The quantitative estimate of drug-likeness (QED) is 0.827. The van der Waals surface area contributed by atoms with E-state index < -0.39 is 0 Å². The number of carbonyl (C=O) groups excluding carboxylic acids is 2. The minimum absolute atomic E-state index is 0.0383. The number of hydrogen-bond acceptors (Lipinski definition) is 5. The van der Waals surface area contributed by atoms with Crippen LogP contribution in [0.5, 0.6) is 0 Å². The minimum atomic E-state index is -0.275. The van der Waals surface area contributed by atoms with Crippen LogP contribution in [0.2, 0.25) is 0 Å². The molecule has 1 amide bonds. The van der Waals surface area contributed by atoms with E-state index in [0.717, 1.165) is 40.9 Å². The van der Waals surface area contributed by atoms with Gasteiger partial charge in [-0.2, -0.15) is 0 Å². The van der Waals surface area contributed by atoms with Crippen molar-refractivity contribution in [3.05, 3.63) is 29.3 Å². The van der Waals surface area contributed by atoms with Crippen molar-refractivity contribution in [2.45, 2.75) is 51.5 Å². The number of fused-ring (bicyclic) bond motifs is 1. The molecule has 1 aliphatic rings. The van der Waals surface area contributed by atoms with Gasteiger partial charge in [-0.05, 0) is 38.8 Å². The van der Waals surface area contributed by atoms with Gasteiger partial charge in [-0.1, -0.05) is 25.0 Å². The standard InChI is InChI=1S/C19H24N2O3S/c1-12(2)20-17(22)11-24-19(23)14-8-4-3-7-13(14)18-21-15-9-5-6-10-16(15)25-18/h5-6,9-10,12-14H,3-4,7-8,11H2,1-2H3,(H,20,22)/t13-,14-/m0/s1. The Kier molecular flexibility index (Phi) is 5.68. The van der Waals surface area contributed by atoms with E-state index in [0.29, 0.717) is 0 Å². The summed E-state index contributed by atoms with van der Waals surface area (Å²) in [5.41, 5.74) is 0.983.